The molecule has 1 saturated carbocycles. The van der Waals surface area contributed by atoms with Crippen molar-refractivity contribution >= 4 is 6.21 Å². The van der Waals surface area contributed by atoms with Crippen molar-refractivity contribution in [3.63, 3.8) is 0 Å². The molecular weight excluding hydrogens is 146 g/mol. The van der Waals surface area contributed by atoms with Crippen LogP contribution in [0, 0.1) is 17.8 Å². The van der Waals surface area contributed by atoms with Gasteiger partial charge in [-0.05, 0) is 29.7 Å². The Morgan fingerprint density at radius 2 is 2.00 bits per heavy atom. The number of hydrogen-bond donors (Lipinski definition) is 0. The molecule has 3 rings (SSSR count). The van der Waals surface area contributed by atoms with Gasteiger partial charge in [0.2, 0.25) is 0 Å². The van der Waals surface area contributed by atoms with E-state index in [1.165, 1.54) is 5.57 Å². The Labute approximate surface area is 74.6 Å². The van der Waals surface area contributed by atoms with Gasteiger partial charge in [0.05, 0.1) is 6.04 Å². The normalized spacial score (nSPS) is 44.8. The summed E-state index contributed by atoms with van der Waals surface area (Å²) in [5.74, 6) is 2.35. The SMILES string of the molecule is CCC1=CC2C(C)C(N=C1)C2C. The number of hydrogen-bond acceptors (Lipinski definition) is 1. The smallest absolute Gasteiger partial charge is 0.0562 e. The second kappa shape index (κ2) is 2.72. The monoisotopic (exact) mass is 163 g/mol. The molecule has 0 amide bonds. The fourth-order valence-electron chi connectivity index (χ4n) is 2.52. The van der Waals surface area contributed by atoms with Crippen molar-refractivity contribution in [3.8, 4) is 0 Å². The highest BCUT2D eigenvalue weighted by molar-refractivity contribution is 5.79. The first kappa shape index (κ1) is 8.03. The van der Waals surface area contributed by atoms with Crippen molar-refractivity contribution in [2.75, 3.05) is 0 Å². The molecule has 2 aliphatic heterocycles. The third kappa shape index (κ3) is 0.954. The zero-order valence-corrected chi connectivity index (χ0v) is 8.12. The van der Waals surface area contributed by atoms with Crippen molar-refractivity contribution < 1.29 is 0 Å². The van der Waals surface area contributed by atoms with Crippen molar-refractivity contribution in [2.24, 2.45) is 22.7 Å². The van der Waals surface area contributed by atoms with Crippen LogP contribution in [-0.4, -0.2) is 12.3 Å². The molecule has 0 spiro atoms. The van der Waals surface area contributed by atoms with Crippen molar-refractivity contribution in [3.05, 3.63) is 11.6 Å². The molecule has 2 unspecified atom stereocenters. The molecule has 2 atom stereocenters. The first-order valence-electron chi connectivity index (χ1n) is 4.98. The van der Waals surface area contributed by atoms with E-state index >= 15 is 0 Å². The summed E-state index contributed by atoms with van der Waals surface area (Å²) in [7, 11) is 0. The molecule has 1 aliphatic carbocycles. The third-order valence-electron chi connectivity index (χ3n) is 3.52. The van der Waals surface area contributed by atoms with Crippen LogP contribution < -0.4 is 0 Å². The highest BCUT2D eigenvalue weighted by Crippen LogP contribution is 2.45. The molecule has 0 saturated heterocycles. The van der Waals surface area contributed by atoms with Crippen LogP contribution >= 0.6 is 0 Å². The van der Waals surface area contributed by atoms with Gasteiger partial charge in [-0.25, -0.2) is 0 Å². The van der Waals surface area contributed by atoms with E-state index < -0.39 is 0 Å². The average molecular weight is 163 g/mol. The van der Waals surface area contributed by atoms with E-state index in [-0.39, 0.29) is 0 Å². The quantitative estimate of drug-likeness (QED) is 0.563. The Bertz CT molecular complexity index is 229. The minimum absolute atomic E-state index is 0.607. The Balaban J connectivity index is 2.25. The van der Waals surface area contributed by atoms with Crippen LogP contribution in [-0.2, 0) is 0 Å². The number of aliphatic imine (C=N–C) groups is 1. The predicted molar refractivity (Wildman–Crippen MR) is 52.5 cm³/mol. The molecule has 1 heteroatoms. The lowest BCUT2D eigenvalue weighted by Gasteiger charge is -2.44. The van der Waals surface area contributed by atoms with E-state index in [0.29, 0.717) is 6.04 Å². The zero-order chi connectivity index (χ0) is 8.72. The van der Waals surface area contributed by atoms with Crippen molar-refractivity contribution in [1.29, 1.82) is 0 Å². The summed E-state index contributed by atoms with van der Waals surface area (Å²) in [6, 6.07) is 0.607. The highest BCUT2D eigenvalue weighted by Gasteiger charge is 2.44. The van der Waals surface area contributed by atoms with E-state index in [9.17, 15) is 0 Å². The van der Waals surface area contributed by atoms with Crippen LogP contribution in [0.3, 0.4) is 0 Å². The first-order valence-corrected chi connectivity index (χ1v) is 4.98. The van der Waals surface area contributed by atoms with Crippen LogP contribution in [0.2, 0.25) is 0 Å². The fourth-order valence-corrected chi connectivity index (χ4v) is 2.52. The van der Waals surface area contributed by atoms with Crippen LogP contribution in [0.4, 0.5) is 0 Å². The average Bonchev–Trinajstić information content (AvgIpc) is 2.35. The van der Waals surface area contributed by atoms with E-state index in [1.54, 1.807) is 0 Å². The molecule has 2 heterocycles. The predicted octanol–water partition coefficient (Wildman–Crippen LogP) is 2.68. The van der Waals surface area contributed by atoms with Crippen LogP contribution in [0.25, 0.3) is 0 Å². The lowest BCUT2D eigenvalue weighted by molar-refractivity contribution is 0.109. The van der Waals surface area contributed by atoms with Crippen LogP contribution in [0.5, 0.6) is 0 Å². The molecule has 3 aliphatic rings. The Morgan fingerprint density at radius 1 is 1.33 bits per heavy atom. The first-order chi connectivity index (χ1) is 5.74. The highest BCUT2D eigenvalue weighted by atomic mass is 14.9. The van der Waals surface area contributed by atoms with Gasteiger partial charge in [-0.2, -0.15) is 0 Å². The summed E-state index contributed by atoms with van der Waals surface area (Å²) >= 11 is 0. The molecule has 0 aromatic heterocycles. The molecule has 1 fully saturated rings. The number of nitrogens with zero attached hydrogens (tertiary/aromatic N) is 1. The summed E-state index contributed by atoms with van der Waals surface area (Å²) in [6.07, 6.45) is 5.65. The standard InChI is InChI=1S/C11H17N/c1-4-9-5-10-7(2)11(8(10)3)12-6-9/h5-8,10-11H,4H2,1-3H3. The molecule has 12 heavy (non-hydrogen) atoms. The summed E-state index contributed by atoms with van der Waals surface area (Å²) in [5, 5.41) is 0. The maximum Gasteiger partial charge on any atom is 0.0562 e. The Morgan fingerprint density at radius 3 is 2.58 bits per heavy atom. The molecule has 2 bridgehead atoms. The van der Waals surface area contributed by atoms with Crippen molar-refractivity contribution in [1.82, 2.24) is 0 Å². The van der Waals surface area contributed by atoms with E-state index in [0.717, 1.165) is 24.2 Å². The third-order valence-corrected chi connectivity index (χ3v) is 3.52. The lowest BCUT2D eigenvalue weighted by atomic mass is 9.62. The van der Waals surface area contributed by atoms with E-state index in [2.05, 4.69) is 38.1 Å². The molecule has 66 valence electrons. The second-order valence-corrected chi connectivity index (χ2v) is 4.16. The largest absolute Gasteiger partial charge is 0.289 e. The molecule has 0 radical (unpaired) electrons. The van der Waals surface area contributed by atoms with Gasteiger partial charge in [0.25, 0.3) is 0 Å². The lowest BCUT2D eigenvalue weighted by Crippen LogP contribution is -2.45. The van der Waals surface area contributed by atoms with Gasteiger partial charge < -0.3 is 0 Å². The van der Waals surface area contributed by atoms with Gasteiger partial charge in [-0.15, -0.1) is 0 Å². The number of fused-ring (bicyclic) bond motifs is 1. The maximum atomic E-state index is 4.61. The Kier molecular flexibility index (Phi) is 1.82. The topological polar surface area (TPSA) is 12.4 Å². The zero-order valence-electron chi connectivity index (χ0n) is 8.12. The molecule has 0 aromatic rings. The van der Waals surface area contributed by atoms with Crippen LogP contribution in [0.1, 0.15) is 27.2 Å². The molecule has 0 aromatic carbocycles. The molecule has 0 N–H and O–H groups in total. The van der Waals surface area contributed by atoms with Crippen molar-refractivity contribution in [2.45, 2.75) is 33.2 Å². The van der Waals surface area contributed by atoms with Gasteiger partial charge in [0.1, 0.15) is 0 Å². The molecule has 1 nitrogen and oxygen atoms in total. The van der Waals surface area contributed by atoms with E-state index in [1.807, 2.05) is 0 Å². The van der Waals surface area contributed by atoms with Gasteiger partial charge in [0.15, 0.2) is 0 Å². The second-order valence-electron chi connectivity index (χ2n) is 4.16. The summed E-state index contributed by atoms with van der Waals surface area (Å²) in [4.78, 5) is 4.61. The maximum absolute atomic E-state index is 4.61. The summed E-state index contributed by atoms with van der Waals surface area (Å²) in [6.45, 7) is 6.85. The number of rotatable bonds is 1. The van der Waals surface area contributed by atoms with Gasteiger partial charge in [-0.3, -0.25) is 4.99 Å². The van der Waals surface area contributed by atoms with Gasteiger partial charge in [0, 0.05) is 6.21 Å². The minimum Gasteiger partial charge on any atom is -0.289 e. The summed E-state index contributed by atoms with van der Waals surface area (Å²) in [5.41, 5.74) is 1.43. The molecular formula is C11H17N. The van der Waals surface area contributed by atoms with E-state index in [4.69, 9.17) is 0 Å². The summed E-state index contributed by atoms with van der Waals surface area (Å²) < 4.78 is 0. The Hall–Kier alpha value is -0.590. The van der Waals surface area contributed by atoms with Crippen LogP contribution in [0.15, 0.2) is 16.6 Å². The van der Waals surface area contributed by atoms with Gasteiger partial charge >= 0.3 is 0 Å². The fraction of sp³-hybridized carbons (Fsp3) is 0.727. The van der Waals surface area contributed by atoms with Gasteiger partial charge in [-0.1, -0.05) is 26.8 Å². The number of allylic oxidation sites excluding steroid dienone is 2. The minimum atomic E-state index is 0.607.